The Kier molecular flexibility index (Phi) is 6.32. The number of para-hydroxylation sites is 1. The van der Waals surface area contributed by atoms with Crippen molar-refractivity contribution in [3.05, 3.63) is 65.7 Å². The van der Waals surface area contributed by atoms with E-state index in [0.717, 1.165) is 24.1 Å². The maximum Gasteiger partial charge on any atom is 0.289 e. The lowest BCUT2D eigenvalue weighted by Gasteiger charge is -2.15. The topological polar surface area (TPSA) is 66.7 Å². The number of amides is 2. The highest BCUT2D eigenvalue weighted by molar-refractivity contribution is 6.09. The molecule has 0 bridgehead atoms. The van der Waals surface area contributed by atoms with Crippen LogP contribution in [0.4, 0.5) is 5.69 Å². The summed E-state index contributed by atoms with van der Waals surface area (Å²) in [6, 6.07) is 13.2. The van der Waals surface area contributed by atoms with Crippen LogP contribution in [-0.4, -0.2) is 39.7 Å². The molecule has 152 valence electrons. The number of nitrogens with one attached hydrogen (secondary N) is 1. The van der Waals surface area contributed by atoms with Crippen molar-refractivity contribution in [2.45, 2.75) is 39.5 Å². The van der Waals surface area contributed by atoms with Gasteiger partial charge in [-0.15, -0.1) is 0 Å². The average molecular weight is 393 g/mol. The second kappa shape index (κ2) is 8.90. The molecule has 0 fully saturated rings. The number of carbonyl (C=O) groups excluding carboxylic acids is 2. The van der Waals surface area contributed by atoms with Crippen molar-refractivity contribution in [1.82, 2.24) is 14.3 Å². The molecule has 0 spiro atoms. The Balaban J connectivity index is 1.96. The van der Waals surface area contributed by atoms with Crippen LogP contribution in [0.25, 0.3) is 5.52 Å². The van der Waals surface area contributed by atoms with E-state index in [9.17, 15) is 9.59 Å². The van der Waals surface area contributed by atoms with Crippen LogP contribution in [0.3, 0.4) is 0 Å². The lowest BCUT2D eigenvalue weighted by atomic mass is 10.0. The summed E-state index contributed by atoms with van der Waals surface area (Å²) in [5, 5.41) is 2.98. The summed E-state index contributed by atoms with van der Waals surface area (Å²) in [6.45, 7) is 6.90. The van der Waals surface area contributed by atoms with Gasteiger partial charge < -0.3 is 10.2 Å². The van der Waals surface area contributed by atoms with E-state index in [0.29, 0.717) is 12.1 Å². The highest BCUT2D eigenvalue weighted by Crippen LogP contribution is 2.25. The maximum absolute atomic E-state index is 13.1. The van der Waals surface area contributed by atoms with E-state index in [1.165, 1.54) is 0 Å². The lowest BCUT2D eigenvalue weighted by Crippen LogP contribution is -2.29. The van der Waals surface area contributed by atoms with Gasteiger partial charge in [-0.05, 0) is 36.1 Å². The van der Waals surface area contributed by atoms with E-state index in [1.54, 1.807) is 28.6 Å². The minimum Gasteiger partial charge on any atom is -0.339 e. The Bertz CT molecular complexity index is 1020. The van der Waals surface area contributed by atoms with Gasteiger partial charge in [-0.3, -0.25) is 14.0 Å². The second-order valence-electron chi connectivity index (χ2n) is 7.52. The van der Waals surface area contributed by atoms with Crippen LogP contribution in [0.5, 0.6) is 0 Å². The molecule has 0 saturated carbocycles. The third kappa shape index (κ3) is 4.31. The van der Waals surface area contributed by atoms with Crippen molar-refractivity contribution in [1.29, 1.82) is 0 Å². The van der Waals surface area contributed by atoms with E-state index in [1.807, 2.05) is 36.4 Å². The number of rotatable bonds is 7. The van der Waals surface area contributed by atoms with Crippen molar-refractivity contribution in [3.63, 3.8) is 0 Å². The number of unbranched alkanes of at least 4 members (excludes halogenated alkanes) is 1. The van der Waals surface area contributed by atoms with Gasteiger partial charge in [0.2, 0.25) is 5.82 Å². The van der Waals surface area contributed by atoms with Gasteiger partial charge in [0.1, 0.15) is 0 Å². The zero-order valence-corrected chi connectivity index (χ0v) is 17.5. The molecule has 6 heteroatoms. The number of carbonyl (C=O) groups is 2. The molecule has 0 unspecified atom stereocenters. The first-order valence-electron chi connectivity index (χ1n) is 10.1. The third-order valence-electron chi connectivity index (χ3n) is 4.98. The number of hydrogen-bond donors (Lipinski definition) is 1. The van der Waals surface area contributed by atoms with E-state index < -0.39 is 0 Å². The molecule has 0 atom stereocenters. The lowest BCUT2D eigenvalue weighted by molar-refractivity contribution is 0.0780. The number of fused-ring (bicyclic) bond motifs is 1. The monoisotopic (exact) mass is 392 g/mol. The predicted octanol–water partition coefficient (Wildman–Crippen LogP) is 4.58. The van der Waals surface area contributed by atoms with Crippen molar-refractivity contribution in [2.24, 2.45) is 0 Å². The summed E-state index contributed by atoms with van der Waals surface area (Å²) >= 11 is 0. The molecule has 3 aromatic rings. The van der Waals surface area contributed by atoms with E-state index in [4.69, 9.17) is 0 Å². The summed E-state index contributed by atoms with van der Waals surface area (Å²) in [5.41, 5.74) is 2.67. The Morgan fingerprint density at radius 1 is 1.14 bits per heavy atom. The summed E-state index contributed by atoms with van der Waals surface area (Å²) in [6.07, 6.45) is 3.69. The first-order valence-corrected chi connectivity index (χ1v) is 10.1. The van der Waals surface area contributed by atoms with Gasteiger partial charge in [-0.2, -0.15) is 0 Å². The number of pyridine rings is 1. The molecule has 1 aromatic carbocycles. The van der Waals surface area contributed by atoms with Crippen LogP contribution >= 0.6 is 0 Å². The largest absolute Gasteiger partial charge is 0.339 e. The minimum atomic E-state index is -0.322. The molecule has 3 rings (SSSR count). The first kappa shape index (κ1) is 20.6. The van der Waals surface area contributed by atoms with Gasteiger partial charge in [0.05, 0.1) is 5.52 Å². The summed E-state index contributed by atoms with van der Waals surface area (Å²) in [4.78, 5) is 32.1. The molecule has 2 amide bonds. The molecule has 1 N–H and O–H groups in total. The van der Waals surface area contributed by atoms with Crippen LogP contribution in [-0.2, 0) is 0 Å². The molecule has 0 aliphatic rings. The fourth-order valence-corrected chi connectivity index (χ4v) is 3.32. The number of anilines is 1. The number of hydrogen-bond acceptors (Lipinski definition) is 3. The Morgan fingerprint density at radius 3 is 2.59 bits per heavy atom. The van der Waals surface area contributed by atoms with E-state index in [-0.39, 0.29) is 29.3 Å². The predicted molar refractivity (Wildman–Crippen MR) is 116 cm³/mol. The molecular formula is C23H28N4O2. The summed E-state index contributed by atoms with van der Waals surface area (Å²) < 4.78 is 1.69. The van der Waals surface area contributed by atoms with Gasteiger partial charge in [-0.25, -0.2) is 4.98 Å². The van der Waals surface area contributed by atoms with Crippen molar-refractivity contribution in [3.8, 4) is 0 Å². The number of benzene rings is 1. The Labute approximate surface area is 171 Å². The SMILES string of the molecule is CCCCN(C)C(=O)c1nc(C(=O)Nc2ccccc2C(C)C)c2ccccn12. The van der Waals surface area contributed by atoms with Crippen molar-refractivity contribution in [2.75, 3.05) is 18.9 Å². The zero-order chi connectivity index (χ0) is 21.0. The molecule has 6 nitrogen and oxygen atoms in total. The maximum atomic E-state index is 13.1. The van der Waals surface area contributed by atoms with E-state index >= 15 is 0 Å². The third-order valence-corrected chi connectivity index (χ3v) is 4.98. The number of aromatic nitrogens is 2. The zero-order valence-electron chi connectivity index (χ0n) is 17.5. The average Bonchev–Trinajstić information content (AvgIpc) is 3.11. The van der Waals surface area contributed by atoms with Gasteiger partial charge >= 0.3 is 0 Å². The fraction of sp³-hybridized carbons (Fsp3) is 0.348. The quantitative estimate of drug-likeness (QED) is 0.640. The van der Waals surface area contributed by atoms with Crippen molar-refractivity contribution >= 4 is 23.0 Å². The summed E-state index contributed by atoms with van der Waals surface area (Å²) in [7, 11) is 1.76. The summed E-state index contributed by atoms with van der Waals surface area (Å²) in [5.74, 6) is 0.00874. The first-order chi connectivity index (χ1) is 13.9. The van der Waals surface area contributed by atoms with Gasteiger partial charge in [-0.1, -0.05) is 51.5 Å². The number of nitrogens with zero attached hydrogens (tertiary/aromatic N) is 3. The van der Waals surface area contributed by atoms with Crippen LogP contribution in [0.2, 0.25) is 0 Å². The molecule has 0 radical (unpaired) electrons. The van der Waals surface area contributed by atoms with Crippen LogP contribution in [0, 0.1) is 0 Å². The van der Waals surface area contributed by atoms with Crippen LogP contribution in [0.1, 0.15) is 66.2 Å². The van der Waals surface area contributed by atoms with Gasteiger partial charge in [0.15, 0.2) is 5.69 Å². The molecule has 2 aromatic heterocycles. The Morgan fingerprint density at radius 2 is 1.86 bits per heavy atom. The molecular weight excluding hydrogens is 364 g/mol. The Hall–Kier alpha value is -3.15. The highest BCUT2D eigenvalue weighted by atomic mass is 16.2. The minimum absolute atomic E-state index is 0.193. The smallest absolute Gasteiger partial charge is 0.289 e. The van der Waals surface area contributed by atoms with Crippen LogP contribution in [0.15, 0.2) is 48.7 Å². The van der Waals surface area contributed by atoms with Gasteiger partial charge in [0.25, 0.3) is 11.8 Å². The molecule has 0 aliphatic carbocycles. The molecule has 29 heavy (non-hydrogen) atoms. The van der Waals surface area contributed by atoms with Gasteiger partial charge in [0, 0.05) is 25.5 Å². The highest BCUT2D eigenvalue weighted by Gasteiger charge is 2.24. The van der Waals surface area contributed by atoms with Crippen molar-refractivity contribution < 1.29 is 9.59 Å². The molecule has 0 aliphatic heterocycles. The fourth-order valence-electron chi connectivity index (χ4n) is 3.32. The molecule has 0 saturated heterocycles. The van der Waals surface area contributed by atoms with E-state index in [2.05, 4.69) is 31.1 Å². The second-order valence-corrected chi connectivity index (χ2v) is 7.52. The molecule has 2 heterocycles. The normalized spacial score (nSPS) is 11.1. The van der Waals surface area contributed by atoms with Crippen LogP contribution < -0.4 is 5.32 Å². The number of imidazole rings is 1. The standard InChI is InChI=1S/C23H28N4O2/c1-5-6-14-26(4)23(29)21-25-20(19-13-9-10-15-27(19)21)22(28)24-18-12-8-7-11-17(18)16(2)3/h7-13,15-16H,5-6,14H2,1-4H3,(H,24,28).